The average molecular weight is 324 g/mol. The summed E-state index contributed by atoms with van der Waals surface area (Å²) in [5.74, 6) is 0.918. The first-order chi connectivity index (χ1) is 10.0. The normalized spacial score (nSPS) is 10.7. The molecule has 0 fully saturated rings. The number of rotatable bonds is 5. The molecular weight excluding hydrogens is 305 g/mol. The van der Waals surface area contributed by atoms with Gasteiger partial charge in [0.2, 0.25) is 0 Å². The first-order valence-electron chi connectivity index (χ1n) is 6.88. The Hall–Kier alpha value is -1.22. The van der Waals surface area contributed by atoms with Crippen LogP contribution in [0.2, 0.25) is 10.0 Å². The predicted octanol–water partition coefficient (Wildman–Crippen LogP) is 4.69. The van der Waals surface area contributed by atoms with E-state index in [0.29, 0.717) is 23.2 Å². The summed E-state index contributed by atoms with van der Waals surface area (Å²) in [5, 5.41) is 1.10. The van der Waals surface area contributed by atoms with Crippen molar-refractivity contribution in [1.29, 1.82) is 0 Å². The van der Waals surface area contributed by atoms with Crippen LogP contribution in [0.25, 0.3) is 0 Å². The molecule has 112 valence electrons. The molecule has 0 atom stereocenters. The first kappa shape index (κ1) is 16.2. The van der Waals surface area contributed by atoms with Gasteiger partial charge in [-0.2, -0.15) is 0 Å². The third kappa shape index (κ3) is 4.13. The van der Waals surface area contributed by atoms with Crippen LogP contribution in [0.15, 0.2) is 30.3 Å². The Kier molecular flexibility index (Phi) is 5.51. The second-order valence-corrected chi connectivity index (χ2v) is 5.95. The molecule has 2 aromatic rings. The monoisotopic (exact) mass is 323 g/mol. The molecule has 21 heavy (non-hydrogen) atoms. The molecule has 0 amide bonds. The second kappa shape index (κ2) is 7.17. The van der Waals surface area contributed by atoms with Crippen LogP contribution in [-0.4, -0.2) is 6.54 Å². The van der Waals surface area contributed by atoms with Gasteiger partial charge in [-0.25, -0.2) is 0 Å². The van der Waals surface area contributed by atoms with E-state index in [4.69, 9.17) is 33.7 Å². The number of aryl methyl sites for hydroxylation is 2. The fraction of sp³-hybridized carbons (Fsp3) is 0.294. The third-order valence-corrected chi connectivity index (χ3v) is 4.06. The van der Waals surface area contributed by atoms with Crippen molar-refractivity contribution in [3.05, 3.63) is 62.6 Å². The summed E-state index contributed by atoms with van der Waals surface area (Å²) in [5.41, 5.74) is 10.1. The van der Waals surface area contributed by atoms with Crippen molar-refractivity contribution in [2.24, 2.45) is 5.73 Å². The minimum absolute atomic E-state index is 0.467. The summed E-state index contributed by atoms with van der Waals surface area (Å²) in [7, 11) is 0. The molecule has 0 aliphatic heterocycles. The highest BCUT2D eigenvalue weighted by atomic mass is 35.5. The Balaban J connectivity index is 2.14. The second-order valence-electron chi connectivity index (χ2n) is 5.13. The van der Waals surface area contributed by atoms with Crippen LogP contribution < -0.4 is 10.5 Å². The van der Waals surface area contributed by atoms with Gasteiger partial charge >= 0.3 is 0 Å². The summed E-state index contributed by atoms with van der Waals surface area (Å²) in [6.07, 6.45) is 0.884. The predicted molar refractivity (Wildman–Crippen MR) is 89.5 cm³/mol. The molecule has 4 heteroatoms. The van der Waals surface area contributed by atoms with E-state index in [1.54, 1.807) is 6.07 Å². The minimum Gasteiger partial charge on any atom is -0.488 e. The van der Waals surface area contributed by atoms with Crippen molar-refractivity contribution < 1.29 is 4.74 Å². The van der Waals surface area contributed by atoms with Crippen LogP contribution in [0.5, 0.6) is 5.75 Å². The van der Waals surface area contributed by atoms with Crippen molar-refractivity contribution in [3.8, 4) is 5.75 Å². The highest BCUT2D eigenvalue weighted by Gasteiger charge is 2.07. The molecule has 2 rings (SSSR count). The van der Waals surface area contributed by atoms with Crippen LogP contribution in [0, 0.1) is 13.8 Å². The van der Waals surface area contributed by atoms with E-state index in [0.717, 1.165) is 28.9 Å². The van der Waals surface area contributed by atoms with Gasteiger partial charge in [0.05, 0.1) is 10.0 Å². The first-order valence-corrected chi connectivity index (χ1v) is 7.63. The Morgan fingerprint density at radius 3 is 2.19 bits per heavy atom. The van der Waals surface area contributed by atoms with Gasteiger partial charge in [-0.15, -0.1) is 0 Å². The Bertz CT molecular complexity index is 618. The summed E-state index contributed by atoms with van der Waals surface area (Å²) in [4.78, 5) is 0. The molecule has 0 bridgehead atoms. The molecule has 0 spiro atoms. The van der Waals surface area contributed by atoms with Gasteiger partial charge in [0.1, 0.15) is 12.4 Å². The van der Waals surface area contributed by atoms with Crippen molar-refractivity contribution in [2.45, 2.75) is 26.9 Å². The van der Waals surface area contributed by atoms with Crippen molar-refractivity contribution in [1.82, 2.24) is 0 Å². The van der Waals surface area contributed by atoms with Gasteiger partial charge in [0.25, 0.3) is 0 Å². The fourth-order valence-electron chi connectivity index (χ4n) is 2.36. The van der Waals surface area contributed by atoms with E-state index in [-0.39, 0.29) is 0 Å². The molecule has 0 unspecified atom stereocenters. The van der Waals surface area contributed by atoms with Crippen LogP contribution in [-0.2, 0) is 13.0 Å². The molecule has 0 heterocycles. The van der Waals surface area contributed by atoms with Crippen LogP contribution in [0.4, 0.5) is 0 Å². The Morgan fingerprint density at radius 1 is 0.952 bits per heavy atom. The highest BCUT2D eigenvalue weighted by molar-refractivity contribution is 6.42. The Labute approximate surface area is 135 Å². The number of hydrogen-bond donors (Lipinski definition) is 1. The maximum atomic E-state index is 6.01. The largest absolute Gasteiger partial charge is 0.488 e. The number of benzene rings is 2. The van der Waals surface area contributed by atoms with Gasteiger partial charge < -0.3 is 10.5 Å². The quantitative estimate of drug-likeness (QED) is 0.866. The van der Waals surface area contributed by atoms with Crippen molar-refractivity contribution in [2.75, 3.05) is 6.54 Å². The lowest BCUT2D eigenvalue weighted by atomic mass is 10.0. The van der Waals surface area contributed by atoms with Crippen LogP contribution >= 0.6 is 23.2 Å². The van der Waals surface area contributed by atoms with Crippen LogP contribution in [0.1, 0.15) is 22.3 Å². The average Bonchev–Trinajstić information content (AvgIpc) is 2.42. The van der Waals surface area contributed by atoms with Crippen molar-refractivity contribution >= 4 is 23.2 Å². The SMILES string of the molecule is Cc1cc(CCN)cc(C)c1OCc1ccc(Cl)c(Cl)c1. The number of ether oxygens (including phenoxy) is 1. The Morgan fingerprint density at radius 2 is 1.62 bits per heavy atom. The van der Waals surface area contributed by atoms with Gasteiger partial charge in [-0.05, 0) is 61.2 Å². The number of hydrogen-bond acceptors (Lipinski definition) is 2. The zero-order valence-electron chi connectivity index (χ0n) is 12.2. The van der Waals surface area contributed by atoms with Gasteiger partial charge in [-0.1, -0.05) is 41.4 Å². The molecule has 0 radical (unpaired) electrons. The summed E-state index contributed by atoms with van der Waals surface area (Å²) in [6, 6.07) is 9.79. The minimum atomic E-state index is 0.467. The molecule has 0 aliphatic carbocycles. The molecular formula is C17H19Cl2NO. The zero-order valence-corrected chi connectivity index (χ0v) is 13.8. The molecule has 0 aliphatic rings. The van der Waals surface area contributed by atoms with Gasteiger partial charge in [0, 0.05) is 0 Å². The van der Waals surface area contributed by atoms with Gasteiger partial charge in [0.15, 0.2) is 0 Å². The number of nitrogens with two attached hydrogens (primary N) is 1. The molecule has 2 aromatic carbocycles. The summed E-state index contributed by atoms with van der Waals surface area (Å²) in [6.45, 7) is 5.23. The lowest BCUT2D eigenvalue weighted by Gasteiger charge is -2.14. The lowest BCUT2D eigenvalue weighted by molar-refractivity contribution is 0.302. The van der Waals surface area contributed by atoms with Crippen molar-refractivity contribution in [3.63, 3.8) is 0 Å². The third-order valence-electron chi connectivity index (χ3n) is 3.32. The van der Waals surface area contributed by atoms with E-state index in [1.807, 2.05) is 12.1 Å². The topological polar surface area (TPSA) is 35.2 Å². The summed E-state index contributed by atoms with van der Waals surface area (Å²) >= 11 is 11.9. The highest BCUT2D eigenvalue weighted by Crippen LogP contribution is 2.27. The molecule has 2 N–H and O–H groups in total. The fourth-order valence-corrected chi connectivity index (χ4v) is 2.68. The number of halogens is 2. The maximum absolute atomic E-state index is 6.01. The molecule has 2 nitrogen and oxygen atoms in total. The van der Waals surface area contributed by atoms with E-state index >= 15 is 0 Å². The van der Waals surface area contributed by atoms with E-state index in [9.17, 15) is 0 Å². The smallest absolute Gasteiger partial charge is 0.125 e. The standard InChI is InChI=1S/C17H19Cl2NO/c1-11-7-13(5-6-20)8-12(2)17(11)21-10-14-3-4-15(18)16(19)9-14/h3-4,7-9H,5-6,10,20H2,1-2H3. The lowest BCUT2D eigenvalue weighted by Crippen LogP contribution is -2.05. The van der Waals surface area contributed by atoms with E-state index in [2.05, 4.69) is 26.0 Å². The maximum Gasteiger partial charge on any atom is 0.125 e. The molecule has 0 aromatic heterocycles. The molecule has 0 saturated carbocycles. The van der Waals surface area contributed by atoms with E-state index in [1.165, 1.54) is 5.56 Å². The summed E-state index contributed by atoms with van der Waals surface area (Å²) < 4.78 is 5.95. The molecule has 0 saturated heterocycles. The van der Waals surface area contributed by atoms with E-state index < -0.39 is 0 Å². The van der Waals surface area contributed by atoms with Gasteiger partial charge in [-0.3, -0.25) is 0 Å². The zero-order chi connectivity index (χ0) is 15.4. The van der Waals surface area contributed by atoms with Crippen LogP contribution in [0.3, 0.4) is 0 Å².